The van der Waals surface area contributed by atoms with E-state index in [1.807, 2.05) is 0 Å². The van der Waals surface area contributed by atoms with E-state index in [0.717, 1.165) is 0 Å². The third kappa shape index (κ3) is 6.08. The predicted octanol–water partition coefficient (Wildman–Crippen LogP) is 1.19. The smallest absolute Gasteiger partial charge is 0.129 e. The van der Waals surface area contributed by atoms with E-state index < -0.39 is 4.84 Å². The van der Waals surface area contributed by atoms with Crippen molar-refractivity contribution in [3.63, 3.8) is 0 Å². The summed E-state index contributed by atoms with van der Waals surface area (Å²) in [7, 11) is 0. The quantitative estimate of drug-likeness (QED) is 0.357. The van der Waals surface area contributed by atoms with E-state index in [4.69, 9.17) is 23.2 Å². The first kappa shape index (κ1) is 7.08. The standard InChI is InChI=1S/C3H5Cl2NO/c4-3(5)1-2-7-6/h1-3H,6H2/b2-1+. The van der Waals surface area contributed by atoms with Crippen LogP contribution < -0.4 is 5.90 Å². The molecule has 0 aliphatic carbocycles. The lowest BCUT2D eigenvalue weighted by Gasteiger charge is -1.85. The number of nitrogens with two attached hydrogens (primary N) is 1. The van der Waals surface area contributed by atoms with Crippen LogP contribution in [0.5, 0.6) is 0 Å². The molecule has 42 valence electrons. The van der Waals surface area contributed by atoms with Gasteiger partial charge in [-0.05, 0) is 6.08 Å². The van der Waals surface area contributed by atoms with Gasteiger partial charge in [-0.25, -0.2) is 0 Å². The first-order valence-corrected chi connectivity index (χ1v) is 2.45. The first-order chi connectivity index (χ1) is 3.27. The van der Waals surface area contributed by atoms with Crippen molar-refractivity contribution in [3.8, 4) is 0 Å². The monoisotopic (exact) mass is 141 g/mol. The minimum Gasteiger partial charge on any atom is -0.420 e. The lowest BCUT2D eigenvalue weighted by atomic mass is 10.7. The zero-order chi connectivity index (χ0) is 5.70. The number of allylic oxidation sites excluding steroid dienone is 1. The van der Waals surface area contributed by atoms with E-state index >= 15 is 0 Å². The highest BCUT2D eigenvalue weighted by Crippen LogP contribution is 2.01. The lowest BCUT2D eigenvalue weighted by molar-refractivity contribution is 0.260. The summed E-state index contributed by atoms with van der Waals surface area (Å²) < 4.78 is 0. The third-order valence-corrected chi connectivity index (χ3v) is 0.594. The summed E-state index contributed by atoms with van der Waals surface area (Å²) in [4.78, 5) is 3.46. The van der Waals surface area contributed by atoms with E-state index in [1.54, 1.807) is 0 Å². The van der Waals surface area contributed by atoms with Crippen LogP contribution in [0.1, 0.15) is 0 Å². The maximum absolute atomic E-state index is 5.20. The van der Waals surface area contributed by atoms with Gasteiger partial charge in [0.05, 0.1) is 0 Å². The fraction of sp³-hybridized carbons (Fsp3) is 0.333. The molecule has 0 spiro atoms. The van der Waals surface area contributed by atoms with E-state index in [-0.39, 0.29) is 0 Å². The van der Waals surface area contributed by atoms with Gasteiger partial charge in [-0.2, -0.15) is 5.90 Å². The molecule has 0 fully saturated rings. The Balaban J connectivity index is 3.08. The molecule has 0 aromatic carbocycles. The molecule has 0 rings (SSSR count). The Hall–Kier alpha value is 0.0800. The molecule has 0 heterocycles. The predicted molar refractivity (Wildman–Crippen MR) is 29.9 cm³/mol. The Labute approximate surface area is 51.8 Å². The van der Waals surface area contributed by atoms with Gasteiger partial charge in [-0.15, -0.1) is 23.2 Å². The molecule has 0 atom stereocenters. The summed E-state index contributed by atoms with van der Waals surface area (Å²) in [5.74, 6) is 4.57. The third-order valence-electron chi connectivity index (χ3n) is 0.303. The van der Waals surface area contributed by atoms with Gasteiger partial charge in [0, 0.05) is 0 Å². The normalized spacial score (nSPS) is 10.9. The summed E-state index contributed by atoms with van der Waals surface area (Å²) in [5.41, 5.74) is 0. The van der Waals surface area contributed by atoms with Crippen LogP contribution in [0.4, 0.5) is 0 Å². The molecule has 0 amide bonds. The van der Waals surface area contributed by atoms with Crippen molar-refractivity contribution in [2.45, 2.75) is 4.84 Å². The summed E-state index contributed by atoms with van der Waals surface area (Å²) >= 11 is 10.4. The van der Waals surface area contributed by atoms with Crippen molar-refractivity contribution in [3.05, 3.63) is 12.3 Å². The van der Waals surface area contributed by atoms with Crippen LogP contribution in [0.2, 0.25) is 0 Å². The van der Waals surface area contributed by atoms with Crippen LogP contribution in [0.15, 0.2) is 12.3 Å². The fourth-order valence-corrected chi connectivity index (χ4v) is 0.224. The van der Waals surface area contributed by atoms with Crippen LogP contribution in [-0.4, -0.2) is 4.84 Å². The van der Waals surface area contributed by atoms with Crippen LogP contribution in [0.25, 0.3) is 0 Å². The number of halogens is 2. The Kier molecular flexibility index (Phi) is 4.29. The SMILES string of the molecule is NO/C=C/C(Cl)Cl. The number of rotatable bonds is 2. The maximum atomic E-state index is 5.20. The van der Waals surface area contributed by atoms with Crippen molar-refractivity contribution in [1.82, 2.24) is 0 Å². The van der Waals surface area contributed by atoms with Gasteiger partial charge in [-0.1, -0.05) is 0 Å². The molecule has 7 heavy (non-hydrogen) atoms. The Morgan fingerprint density at radius 2 is 2.14 bits per heavy atom. The second-order valence-corrected chi connectivity index (χ2v) is 1.96. The van der Waals surface area contributed by atoms with Crippen molar-refractivity contribution in [2.75, 3.05) is 0 Å². The topological polar surface area (TPSA) is 35.2 Å². The molecule has 0 bridgehead atoms. The molecule has 0 radical (unpaired) electrons. The van der Waals surface area contributed by atoms with Crippen molar-refractivity contribution in [2.24, 2.45) is 5.90 Å². The Bertz CT molecular complexity index is 64.0. The molecule has 0 aliphatic heterocycles. The van der Waals surface area contributed by atoms with Crippen LogP contribution in [0.3, 0.4) is 0 Å². The van der Waals surface area contributed by atoms with Gasteiger partial charge >= 0.3 is 0 Å². The van der Waals surface area contributed by atoms with Crippen LogP contribution >= 0.6 is 23.2 Å². The average molecular weight is 142 g/mol. The van der Waals surface area contributed by atoms with Crippen molar-refractivity contribution in [1.29, 1.82) is 0 Å². The highest BCUT2D eigenvalue weighted by atomic mass is 35.5. The number of hydrogen-bond acceptors (Lipinski definition) is 2. The molecule has 0 saturated carbocycles. The average Bonchev–Trinajstić information content (AvgIpc) is 1.61. The molecule has 0 aliphatic rings. The first-order valence-electron chi connectivity index (χ1n) is 1.57. The fourth-order valence-electron chi connectivity index (χ4n) is 0.105. The van der Waals surface area contributed by atoms with Gasteiger partial charge in [-0.3, -0.25) is 0 Å². The Morgan fingerprint density at radius 1 is 1.57 bits per heavy atom. The van der Waals surface area contributed by atoms with E-state index in [9.17, 15) is 0 Å². The second kappa shape index (κ2) is 4.24. The molecular weight excluding hydrogens is 137 g/mol. The molecule has 2 N–H and O–H groups in total. The molecular formula is C3H5Cl2NO. The minimum atomic E-state index is -0.538. The van der Waals surface area contributed by atoms with Crippen molar-refractivity contribution >= 4 is 23.2 Å². The lowest BCUT2D eigenvalue weighted by Crippen LogP contribution is -1.89. The summed E-state index contributed by atoms with van der Waals surface area (Å²) in [6, 6.07) is 0. The van der Waals surface area contributed by atoms with E-state index in [2.05, 4.69) is 10.7 Å². The highest BCUT2D eigenvalue weighted by molar-refractivity contribution is 6.45. The van der Waals surface area contributed by atoms with Gasteiger partial charge in [0.2, 0.25) is 0 Å². The summed E-state index contributed by atoms with van der Waals surface area (Å²) in [5, 5.41) is 0. The number of hydrogen-bond donors (Lipinski definition) is 1. The zero-order valence-electron chi connectivity index (χ0n) is 3.47. The van der Waals surface area contributed by atoms with Gasteiger partial charge in [0.25, 0.3) is 0 Å². The van der Waals surface area contributed by atoms with E-state index in [0.29, 0.717) is 0 Å². The minimum absolute atomic E-state index is 0.538. The molecule has 4 heteroatoms. The maximum Gasteiger partial charge on any atom is 0.129 e. The van der Waals surface area contributed by atoms with E-state index in [1.165, 1.54) is 12.3 Å². The zero-order valence-corrected chi connectivity index (χ0v) is 4.99. The Morgan fingerprint density at radius 3 is 2.29 bits per heavy atom. The van der Waals surface area contributed by atoms with Gasteiger partial charge < -0.3 is 4.84 Å². The molecule has 0 aromatic heterocycles. The van der Waals surface area contributed by atoms with Gasteiger partial charge in [0.1, 0.15) is 11.1 Å². The van der Waals surface area contributed by atoms with Gasteiger partial charge in [0.15, 0.2) is 0 Å². The molecule has 0 unspecified atom stereocenters. The largest absolute Gasteiger partial charge is 0.420 e. The molecule has 2 nitrogen and oxygen atoms in total. The summed E-state index contributed by atoms with van der Waals surface area (Å²) in [6.07, 6.45) is 2.62. The highest BCUT2D eigenvalue weighted by Gasteiger charge is 1.85. The molecule has 0 saturated heterocycles. The second-order valence-electron chi connectivity index (χ2n) is 0.799. The van der Waals surface area contributed by atoms with Crippen molar-refractivity contribution < 1.29 is 4.84 Å². The van der Waals surface area contributed by atoms with Crippen LogP contribution in [0, 0.1) is 0 Å². The number of alkyl halides is 2. The molecule has 0 aromatic rings. The summed E-state index contributed by atoms with van der Waals surface area (Å²) in [6.45, 7) is 0. The van der Waals surface area contributed by atoms with Crippen LogP contribution in [-0.2, 0) is 4.84 Å².